The van der Waals surface area contributed by atoms with Gasteiger partial charge in [-0.3, -0.25) is 4.90 Å². The molecule has 0 aliphatic carbocycles. The number of morpholine rings is 1. The van der Waals surface area contributed by atoms with Gasteiger partial charge in [-0.2, -0.15) is 4.98 Å². The smallest absolute Gasteiger partial charge is 0.248 e. The van der Waals surface area contributed by atoms with Crippen LogP contribution in [0.15, 0.2) is 36.7 Å². The van der Waals surface area contributed by atoms with Crippen molar-refractivity contribution in [3.63, 3.8) is 0 Å². The topological polar surface area (TPSA) is 71.3 Å². The van der Waals surface area contributed by atoms with Crippen molar-refractivity contribution >= 4 is 17.6 Å². The molecule has 2 aliphatic heterocycles. The van der Waals surface area contributed by atoms with Crippen molar-refractivity contribution in [3.8, 4) is 5.69 Å². The zero-order chi connectivity index (χ0) is 21.4. The number of aryl methyl sites for hydroxylation is 1. The predicted octanol–water partition coefficient (Wildman–Crippen LogP) is 2.51. The molecule has 4 heterocycles. The van der Waals surface area contributed by atoms with Crippen molar-refractivity contribution in [1.29, 1.82) is 0 Å². The van der Waals surface area contributed by atoms with Crippen LogP contribution >= 0.6 is 0 Å². The number of anilines is 3. The molecule has 0 saturated carbocycles. The molecule has 2 aromatic heterocycles. The molecule has 8 nitrogen and oxygen atoms in total. The summed E-state index contributed by atoms with van der Waals surface area (Å²) in [4.78, 5) is 13.7. The molecule has 1 aromatic carbocycles. The molecule has 0 amide bonds. The predicted molar refractivity (Wildman–Crippen MR) is 112 cm³/mol. The molecule has 2 saturated heterocycles. The van der Waals surface area contributed by atoms with Crippen LogP contribution in [0.4, 0.5) is 26.4 Å². The number of benzene rings is 1. The second-order valence-electron chi connectivity index (χ2n) is 7.81. The van der Waals surface area contributed by atoms with E-state index in [1.807, 2.05) is 19.1 Å². The van der Waals surface area contributed by atoms with Gasteiger partial charge in [0.1, 0.15) is 29.6 Å². The van der Waals surface area contributed by atoms with Gasteiger partial charge in [0, 0.05) is 38.3 Å². The highest BCUT2D eigenvalue weighted by Gasteiger charge is 2.34. The fourth-order valence-electron chi connectivity index (χ4n) is 3.94. The molecular weight excluding hydrogens is 404 g/mol. The van der Waals surface area contributed by atoms with Crippen molar-refractivity contribution in [2.75, 3.05) is 49.6 Å². The third-order valence-electron chi connectivity index (χ3n) is 5.64. The Bertz CT molecular complexity index is 1060. The molecule has 5 rings (SSSR count). The normalized spacial score (nSPS) is 17.6. The van der Waals surface area contributed by atoms with Gasteiger partial charge in [0.15, 0.2) is 0 Å². The summed E-state index contributed by atoms with van der Waals surface area (Å²) in [5.41, 5.74) is 1.35. The Hall–Kier alpha value is -3.11. The highest BCUT2D eigenvalue weighted by atomic mass is 19.1. The Kier molecular flexibility index (Phi) is 5.24. The molecule has 1 N–H and O–H groups in total. The number of hydrogen-bond acceptors (Lipinski definition) is 7. The summed E-state index contributed by atoms with van der Waals surface area (Å²) in [6.45, 7) is 7.49. The van der Waals surface area contributed by atoms with Gasteiger partial charge in [-0.05, 0) is 30.7 Å². The van der Waals surface area contributed by atoms with Gasteiger partial charge >= 0.3 is 0 Å². The van der Waals surface area contributed by atoms with Crippen LogP contribution in [0, 0.1) is 18.6 Å². The maximum absolute atomic E-state index is 13.5. The summed E-state index contributed by atoms with van der Waals surface area (Å²) >= 11 is 0. The van der Waals surface area contributed by atoms with Gasteiger partial charge in [0.25, 0.3) is 0 Å². The van der Waals surface area contributed by atoms with Gasteiger partial charge in [0.2, 0.25) is 5.95 Å². The lowest BCUT2D eigenvalue weighted by atomic mass is 10.1. The molecule has 10 heteroatoms. The van der Waals surface area contributed by atoms with Crippen molar-refractivity contribution in [2.45, 2.75) is 13.0 Å². The Morgan fingerprint density at radius 3 is 2.55 bits per heavy atom. The van der Waals surface area contributed by atoms with Crippen LogP contribution in [0.1, 0.15) is 5.56 Å². The summed E-state index contributed by atoms with van der Waals surface area (Å²) in [6.07, 6.45) is 1.40. The lowest BCUT2D eigenvalue weighted by molar-refractivity contribution is 0.0104. The quantitative estimate of drug-likeness (QED) is 0.671. The van der Waals surface area contributed by atoms with Gasteiger partial charge in [-0.1, -0.05) is 6.07 Å². The number of nitrogens with zero attached hydrogens (tertiary/aromatic N) is 6. The maximum atomic E-state index is 13.5. The molecule has 2 fully saturated rings. The second-order valence-corrected chi connectivity index (χ2v) is 7.81. The van der Waals surface area contributed by atoms with Crippen LogP contribution in [0.25, 0.3) is 5.69 Å². The highest BCUT2D eigenvalue weighted by Crippen LogP contribution is 2.27. The molecule has 0 radical (unpaired) electrons. The molecule has 0 atom stereocenters. The van der Waals surface area contributed by atoms with E-state index in [9.17, 15) is 8.78 Å². The summed E-state index contributed by atoms with van der Waals surface area (Å²) < 4.78 is 33.7. The second kappa shape index (κ2) is 8.20. The van der Waals surface area contributed by atoms with Gasteiger partial charge in [0.05, 0.1) is 18.9 Å². The number of pyridine rings is 1. The molecule has 0 bridgehead atoms. The van der Waals surface area contributed by atoms with E-state index < -0.39 is 11.6 Å². The monoisotopic (exact) mass is 427 g/mol. The summed E-state index contributed by atoms with van der Waals surface area (Å²) in [5, 5.41) is 7.32. The maximum Gasteiger partial charge on any atom is 0.248 e. The SMILES string of the molecule is Cc1ccc(Nc2ncn(-c3cc(F)cc(F)c3)n2)nc1N1CC(N2CCOCC2)C1. The first kappa shape index (κ1) is 19.8. The minimum atomic E-state index is -0.671. The van der Waals surface area contributed by atoms with E-state index in [2.05, 4.69) is 25.2 Å². The minimum Gasteiger partial charge on any atom is -0.379 e. The van der Waals surface area contributed by atoms with Crippen LogP contribution < -0.4 is 10.2 Å². The van der Waals surface area contributed by atoms with Crippen LogP contribution in [0.2, 0.25) is 0 Å². The van der Waals surface area contributed by atoms with Gasteiger partial charge in [-0.15, -0.1) is 5.10 Å². The number of nitrogens with one attached hydrogen (secondary N) is 1. The van der Waals surface area contributed by atoms with E-state index in [1.54, 1.807) is 0 Å². The Labute approximate surface area is 178 Å². The average molecular weight is 427 g/mol. The lowest BCUT2D eigenvalue weighted by Gasteiger charge is -2.47. The number of halogens is 2. The zero-order valence-corrected chi connectivity index (χ0v) is 17.1. The van der Waals surface area contributed by atoms with E-state index in [0.717, 1.165) is 56.8 Å². The van der Waals surface area contributed by atoms with Crippen LogP contribution in [0.5, 0.6) is 0 Å². The van der Waals surface area contributed by atoms with Crippen molar-refractivity contribution in [1.82, 2.24) is 24.6 Å². The standard InChI is InChI=1S/C21H23F2N7O/c1-14-2-3-19(25-20(14)29-11-18(12-29)28-4-6-31-7-5-28)26-21-24-13-30(27-21)17-9-15(22)8-16(23)10-17/h2-3,8-10,13,18H,4-7,11-12H2,1H3,(H,25,26,27). The third kappa shape index (κ3) is 4.21. The van der Waals surface area contributed by atoms with E-state index >= 15 is 0 Å². The van der Waals surface area contributed by atoms with Crippen molar-refractivity contribution < 1.29 is 13.5 Å². The van der Waals surface area contributed by atoms with E-state index in [1.165, 1.54) is 23.1 Å². The number of hydrogen-bond donors (Lipinski definition) is 1. The number of ether oxygens (including phenoxy) is 1. The molecule has 31 heavy (non-hydrogen) atoms. The highest BCUT2D eigenvalue weighted by molar-refractivity contribution is 5.57. The largest absolute Gasteiger partial charge is 0.379 e. The van der Waals surface area contributed by atoms with E-state index in [0.29, 0.717) is 17.8 Å². The Balaban J connectivity index is 1.27. The molecule has 3 aromatic rings. The minimum absolute atomic E-state index is 0.255. The summed E-state index contributed by atoms with van der Waals surface area (Å²) in [6, 6.07) is 7.60. The first-order chi connectivity index (χ1) is 15.0. The van der Waals surface area contributed by atoms with Crippen LogP contribution in [-0.4, -0.2) is 70.1 Å². The Morgan fingerprint density at radius 1 is 1.06 bits per heavy atom. The zero-order valence-electron chi connectivity index (χ0n) is 17.1. The fraction of sp³-hybridized carbons (Fsp3) is 0.381. The fourth-order valence-corrected chi connectivity index (χ4v) is 3.94. The van der Waals surface area contributed by atoms with Crippen molar-refractivity contribution in [3.05, 3.63) is 53.9 Å². The van der Waals surface area contributed by atoms with Gasteiger partial charge < -0.3 is 15.0 Å². The van der Waals surface area contributed by atoms with Gasteiger partial charge in [-0.25, -0.2) is 18.4 Å². The molecular formula is C21H23F2N7O. The van der Waals surface area contributed by atoms with E-state index in [-0.39, 0.29) is 5.69 Å². The first-order valence-corrected chi connectivity index (χ1v) is 10.2. The van der Waals surface area contributed by atoms with E-state index in [4.69, 9.17) is 9.72 Å². The molecule has 2 aliphatic rings. The third-order valence-corrected chi connectivity index (χ3v) is 5.64. The molecule has 0 spiro atoms. The van der Waals surface area contributed by atoms with Crippen LogP contribution in [0.3, 0.4) is 0 Å². The Morgan fingerprint density at radius 2 is 1.81 bits per heavy atom. The van der Waals surface area contributed by atoms with Crippen molar-refractivity contribution in [2.24, 2.45) is 0 Å². The number of aromatic nitrogens is 4. The lowest BCUT2D eigenvalue weighted by Crippen LogP contribution is -2.62. The molecule has 162 valence electrons. The number of rotatable bonds is 5. The first-order valence-electron chi connectivity index (χ1n) is 10.2. The average Bonchev–Trinajstić information content (AvgIpc) is 3.18. The summed E-state index contributed by atoms with van der Waals surface area (Å²) in [5.74, 6) is 0.492. The summed E-state index contributed by atoms with van der Waals surface area (Å²) in [7, 11) is 0. The molecule has 0 unspecified atom stereocenters. The van der Waals surface area contributed by atoms with Crippen LogP contribution in [-0.2, 0) is 4.74 Å².